The summed E-state index contributed by atoms with van der Waals surface area (Å²) in [7, 11) is 2.83. The third kappa shape index (κ3) is 5.02. The highest BCUT2D eigenvalue weighted by molar-refractivity contribution is 6.33. The van der Waals surface area contributed by atoms with Crippen molar-refractivity contribution in [2.75, 3.05) is 12.0 Å². The first-order valence-electron chi connectivity index (χ1n) is 10.9. The van der Waals surface area contributed by atoms with Crippen molar-refractivity contribution in [3.63, 3.8) is 0 Å². The van der Waals surface area contributed by atoms with Gasteiger partial charge in [-0.05, 0) is 36.8 Å². The monoisotopic (exact) mass is 514 g/mol. The average molecular weight is 515 g/mol. The van der Waals surface area contributed by atoms with E-state index in [0.717, 1.165) is 10.1 Å². The summed E-state index contributed by atoms with van der Waals surface area (Å²) in [6, 6.07) is 11.6. The standard InChI is InChI=1S/C24H24ClFN6O4/c1-14-6-4-7-16(10-14)36-13-15(33)12-32-20-21(30(2)24(35)31(3)22(20)34)28-23(32)29-27-11-17-18(25)8-5-9-19(17)26/h4-11,15,33H,12-13H2,1-3H3,(H,28,29). The maximum Gasteiger partial charge on any atom is 0.332 e. The van der Waals surface area contributed by atoms with Crippen molar-refractivity contribution in [2.24, 2.45) is 19.2 Å². The highest BCUT2D eigenvalue weighted by atomic mass is 35.5. The van der Waals surface area contributed by atoms with Crippen molar-refractivity contribution in [1.82, 2.24) is 18.7 Å². The van der Waals surface area contributed by atoms with E-state index in [-0.39, 0.29) is 40.8 Å². The molecular formula is C24H24ClFN6O4. The van der Waals surface area contributed by atoms with Gasteiger partial charge in [0, 0.05) is 19.7 Å². The number of hydrazone groups is 1. The molecular weight excluding hydrogens is 491 g/mol. The van der Waals surface area contributed by atoms with Gasteiger partial charge < -0.3 is 14.4 Å². The Morgan fingerprint density at radius 2 is 1.97 bits per heavy atom. The first-order valence-corrected chi connectivity index (χ1v) is 11.3. The first-order chi connectivity index (χ1) is 17.2. The number of rotatable bonds is 8. The SMILES string of the molecule is Cc1cccc(OCC(O)Cn2c(NN=Cc3c(F)cccc3Cl)nc3c2c(=O)n(C)c(=O)n3C)c1. The molecule has 0 radical (unpaired) electrons. The molecule has 0 bridgehead atoms. The van der Waals surface area contributed by atoms with Crippen LogP contribution in [-0.2, 0) is 20.6 Å². The van der Waals surface area contributed by atoms with Crippen LogP contribution >= 0.6 is 11.6 Å². The van der Waals surface area contributed by atoms with Crippen LogP contribution in [0.25, 0.3) is 11.2 Å². The van der Waals surface area contributed by atoms with Gasteiger partial charge in [-0.2, -0.15) is 10.1 Å². The number of halogens is 2. The van der Waals surface area contributed by atoms with Crippen molar-refractivity contribution < 1.29 is 14.2 Å². The van der Waals surface area contributed by atoms with Gasteiger partial charge in [0.25, 0.3) is 5.56 Å². The minimum atomic E-state index is -1.05. The molecule has 2 heterocycles. The Labute approximate surface area is 209 Å². The molecule has 10 nitrogen and oxygen atoms in total. The predicted molar refractivity (Wildman–Crippen MR) is 136 cm³/mol. The molecule has 2 aromatic carbocycles. The third-order valence-electron chi connectivity index (χ3n) is 5.53. The number of aliphatic hydroxyl groups is 1. The van der Waals surface area contributed by atoms with E-state index >= 15 is 0 Å². The van der Waals surface area contributed by atoms with Gasteiger partial charge in [0.05, 0.1) is 17.8 Å². The molecule has 0 spiro atoms. The van der Waals surface area contributed by atoms with Gasteiger partial charge >= 0.3 is 5.69 Å². The highest BCUT2D eigenvalue weighted by Gasteiger charge is 2.21. The summed E-state index contributed by atoms with van der Waals surface area (Å²) in [5, 5.41) is 14.9. The van der Waals surface area contributed by atoms with Crippen molar-refractivity contribution >= 4 is 34.9 Å². The number of anilines is 1. The van der Waals surface area contributed by atoms with Gasteiger partial charge in [0.15, 0.2) is 11.2 Å². The predicted octanol–water partition coefficient (Wildman–Crippen LogP) is 2.42. The number of aliphatic hydroxyl groups excluding tert-OH is 1. The van der Waals surface area contributed by atoms with Crippen molar-refractivity contribution in [2.45, 2.75) is 19.6 Å². The van der Waals surface area contributed by atoms with Gasteiger partial charge in [-0.15, -0.1) is 0 Å². The van der Waals surface area contributed by atoms with E-state index in [1.165, 1.54) is 47.6 Å². The Morgan fingerprint density at radius 1 is 1.22 bits per heavy atom. The molecule has 0 saturated heterocycles. The number of aromatic nitrogens is 4. The molecule has 1 unspecified atom stereocenters. The average Bonchev–Trinajstić information content (AvgIpc) is 3.20. The van der Waals surface area contributed by atoms with E-state index in [2.05, 4.69) is 15.5 Å². The summed E-state index contributed by atoms with van der Waals surface area (Å²) in [6.07, 6.45) is 0.130. The third-order valence-corrected chi connectivity index (χ3v) is 5.86. The lowest BCUT2D eigenvalue weighted by atomic mass is 10.2. The molecule has 2 N–H and O–H groups in total. The number of aryl methyl sites for hydroxylation is 2. The van der Waals surface area contributed by atoms with Crippen molar-refractivity contribution in [3.05, 3.63) is 85.3 Å². The molecule has 0 amide bonds. The number of fused-ring (bicyclic) bond motifs is 1. The Morgan fingerprint density at radius 3 is 2.69 bits per heavy atom. The summed E-state index contributed by atoms with van der Waals surface area (Å²) < 4.78 is 23.3. The van der Waals surface area contributed by atoms with Crippen LogP contribution in [0, 0.1) is 12.7 Å². The van der Waals surface area contributed by atoms with Crippen molar-refractivity contribution in [1.29, 1.82) is 0 Å². The summed E-state index contributed by atoms with van der Waals surface area (Å²) in [5.41, 5.74) is 2.75. The summed E-state index contributed by atoms with van der Waals surface area (Å²) >= 11 is 6.04. The lowest BCUT2D eigenvalue weighted by Gasteiger charge is -2.15. The minimum absolute atomic E-state index is 0.0571. The second kappa shape index (κ2) is 10.3. The number of nitrogens with one attached hydrogen (secondary N) is 1. The maximum atomic E-state index is 14.1. The van der Waals surface area contributed by atoms with Crippen LogP contribution in [0.5, 0.6) is 5.75 Å². The molecule has 0 aliphatic carbocycles. The van der Waals surface area contributed by atoms with Crippen LogP contribution < -0.4 is 21.4 Å². The first kappa shape index (κ1) is 25.1. The zero-order valence-corrected chi connectivity index (χ0v) is 20.5. The largest absolute Gasteiger partial charge is 0.491 e. The lowest BCUT2D eigenvalue weighted by molar-refractivity contribution is 0.0938. The van der Waals surface area contributed by atoms with Crippen LogP contribution in [0.2, 0.25) is 5.02 Å². The summed E-state index contributed by atoms with van der Waals surface area (Å²) in [4.78, 5) is 29.7. The lowest BCUT2D eigenvalue weighted by Crippen LogP contribution is -2.38. The molecule has 2 aromatic heterocycles. The van der Waals surface area contributed by atoms with Crippen molar-refractivity contribution in [3.8, 4) is 5.75 Å². The quantitative estimate of drug-likeness (QED) is 0.275. The van der Waals surface area contributed by atoms with E-state index < -0.39 is 23.2 Å². The second-order valence-corrected chi connectivity index (χ2v) is 8.62. The minimum Gasteiger partial charge on any atom is -0.491 e. The Hall–Kier alpha value is -3.96. The van der Waals surface area contributed by atoms with Gasteiger partial charge in [0.1, 0.15) is 24.3 Å². The highest BCUT2D eigenvalue weighted by Crippen LogP contribution is 2.19. The molecule has 0 aliphatic rings. The van der Waals surface area contributed by atoms with Crippen LogP contribution in [-0.4, -0.2) is 42.7 Å². The Bertz CT molecular complexity index is 1560. The number of hydrogen-bond donors (Lipinski definition) is 2. The molecule has 188 valence electrons. The summed E-state index contributed by atoms with van der Waals surface area (Å²) in [6.45, 7) is 1.75. The van der Waals surface area contributed by atoms with Crippen LogP contribution in [0.3, 0.4) is 0 Å². The van der Waals surface area contributed by atoms with E-state index in [1.54, 1.807) is 6.07 Å². The van der Waals surface area contributed by atoms with Gasteiger partial charge in [0.2, 0.25) is 5.95 Å². The maximum absolute atomic E-state index is 14.1. The number of ether oxygens (including phenoxy) is 1. The van der Waals surface area contributed by atoms with E-state index in [1.807, 2.05) is 25.1 Å². The Kier molecular flexibility index (Phi) is 7.22. The van der Waals surface area contributed by atoms with E-state index in [9.17, 15) is 19.1 Å². The van der Waals surface area contributed by atoms with Crippen LogP contribution in [0.1, 0.15) is 11.1 Å². The Balaban J connectivity index is 1.68. The number of imidazole rings is 1. The zero-order chi connectivity index (χ0) is 26.0. The number of nitrogens with zero attached hydrogens (tertiary/aromatic N) is 5. The summed E-state index contributed by atoms with van der Waals surface area (Å²) in [5.74, 6) is 0.0794. The fraction of sp³-hybridized carbons (Fsp3) is 0.250. The van der Waals surface area contributed by atoms with Gasteiger partial charge in [-0.1, -0.05) is 29.8 Å². The molecule has 1 atom stereocenters. The smallest absolute Gasteiger partial charge is 0.332 e. The number of hydrogen-bond acceptors (Lipinski definition) is 7. The fourth-order valence-electron chi connectivity index (χ4n) is 3.66. The van der Waals surface area contributed by atoms with E-state index in [0.29, 0.717) is 5.75 Å². The van der Waals surface area contributed by atoms with E-state index in [4.69, 9.17) is 16.3 Å². The molecule has 0 saturated carbocycles. The normalized spacial score (nSPS) is 12.4. The second-order valence-electron chi connectivity index (χ2n) is 8.21. The number of benzene rings is 2. The zero-order valence-electron chi connectivity index (χ0n) is 19.8. The van der Waals surface area contributed by atoms with Crippen LogP contribution in [0.4, 0.5) is 10.3 Å². The van der Waals surface area contributed by atoms with Gasteiger partial charge in [-0.3, -0.25) is 13.9 Å². The topological polar surface area (TPSA) is 116 Å². The molecule has 4 rings (SSSR count). The molecule has 36 heavy (non-hydrogen) atoms. The fourth-order valence-corrected chi connectivity index (χ4v) is 3.87. The molecule has 12 heteroatoms. The molecule has 0 fully saturated rings. The molecule has 0 aliphatic heterocycles. The van der Waals surface area contributed by atoms with Gasteiger partial charge in [-0.25, -0.2) is 14.6 Å². The molecule has 4 aromatic rings. The van der Waals surface area contributed by atoms with Crippen LogP contribution in [0.15, 0.2) is 57.2 Å².